The van der Waals surface area contributed by atoms with E-state index in [2.05, 4.69) is 9.71 Å². The standard InChI is InChI=1S/C20H18ClN3O5S/c21-14-5-7-15(8-6-14)24-12-13(11-18(24)25)20(26)29-10-9-22-19-16-3-1-2-4-17(16)30(27,28)23-19/h1-8,13H,9-12H2,(H,22,23)/t13-/m0/s1. The third kappa shape index (κ3) is 4.03. The summed E-state index contributed by atoms with van der Waals surface area (Å²) < 4.78 is 31.8. The van der Waals surface area contributed by atoms with Gasteiger partial charge in [-0.25, -0.2) is 8.42 Å². The number of sulfonamides is 1. The van der Waals surface area contributed by atoms with Crippen molar-refractivity contribution in [1.29, 1.82) is 0 Å². The number of hydrogen-bond donors (Lipinski definition) is 1. The van der Waals surface area contributed by atoms with Gasteiger partial charge in [0.1, 0.15) is 12.4 Å². The Morgan fingerprint density at radius 3 is 2.70 bits per heavy atom. The molecule has 1 saturated heterocycles. The van der Waals surface area contributed by atoms with Gasteiger partial charge in [0.15, 0.2) is 0 Å². The second kappa shape index (κ2) is 8.08. The Morgan fingerprint density at radius 2 is 1.93 bits per heavy atom. The van der Waals surface area contributed by atoms with Gasteiger partial charge < -0.3 is 9.64 Å². The Morgan fingerprint density at radius 1 is 1.20 bits per heavy atom. The molecule has 2 aliphatic rings. The predicted molar refractivity (Wildman–Crippen MR) is 111 cm³/mol. The maximum atomic E-state index is 12.3. The zero-order valence-corrected chi connectivity index (χ0v) is 17.3. The lowest BCUT2D eigenvalue weighted by Crippen LogP contribution is -2.26. The first-order valence-electron chi connectivity index (χ1n) is 9.24. The van der Waals surface area contributed by atoms with E-state index in [9.17, 15) is 18.0 Å². The number of ether oxygens (including phenoxy) is 1. The van der Waals surface area contributed by atoms with Crippen molar-refractivity contribution in [3.05, 3.63) is 59.1 Å². The molecule has 156 valence electrons. The minimum absolute atomic E-state index is 0.0160. The maximum Gasteiger partial charge on any atom is 0.311 e. The summed E-state index contributed by atoms with van der Waals surface area (Å²) in [7, 11) is -3.60. The number of nitrogens with zero attached hydrogens (tertiary/aromatic N) is 2. The third-order valence-electron chi connectivity index (χ3n) is 4.86. The number of hydrogen-bond acceptors (Lipinski definition) is 6. The number of anilines is 1. The maximum absolute atomic E-state index is 12.3. The number of benzene rings is 2. The highest BCUT2D eigenvalue weighted by Crippen LogP contribution is 2.27. The van der Waals surface area contributed by atoms with Crippen molar-refractivity contribution >= 4 is 45.0 Å². The van der Waals surface area contributed by atoms with Gasteiger partial charge in [-0.1, -0.05) is 23.7 Å². The molecule has 2 aromatic rings. The van der Waals surface area contributed by atoms with Crippen LogP contribution in [0.25, 0.3) is 0 Å². The van der Waals surface area contributed by atoms with Crippen LogP contribution in [0.5, 0.6) is 0 Å². The minimum atomic E-state index is -3.60. The highest BCUT2D eigenvalue weighted by Gasteiger charge is 2.36. The quantitative estimate of drug-likeness (QED) is 0.557. The fourth-order valence-corrected chi connectivity index (χ4v) is 4.79. The molecule has 2 aliphatic heterocycles. The van der Waals surface area contributed by atoms with Crippen LogP contribution in [0.3, 0.4) is 0 Å². The van der Waals surface area contributed by atoms with Crippen LogP contribution in [0.1, 0.15) is 12.0 Å². The number of aliphatic imine (C=N–C) groups is 1. The van der Waals surface area contributed by atoms with Crippen molar-refractivity contribution in [2.24, 2.45) is 10.9 Å². The summed E-state index contributed by atoms with van der Waals surface area (Å²) in [5, 5.41) is 0.565. The first-order chi connectivity index (χ1) is 14.3. The zero-order valence-electron chi connectivity index (χ0n) is 15.7. The van der Waals surface area contributed by atoms with Gasteiger partial charge in [0, 0.05) is 29.2 Å². The molecule has 2 aromatic carbocycles. The number of carbonyl (C=O) groups excluding carboxylic acids is 2. The summed E-state index contributed by atoms with van der Waals surface area (Å²) >= 11 is 5.87. The largest absolute Gasteiger partial charge is 0.463 e. The third-order valence-corrected chi connectivity index (χ3v) is 6.51. The summed E-state index contributed by atoms with van der Waals surface area (Å²) in [6, 6.07) is 13.3. The molecule has 2 heterocycles. The molecule has 4 rings (SSSR count). The Kier molecular flexibility index (Phi) is 5.48. The number of fused-ring (bicyclic) bond motifs is 1. The Bertz CT molecular complexity index is 1130. The van der Waals surface area contributed by atoms with Crippen molar-refractivity contribution in [3.63, 3.8) is 0 Å². The Labute approximate surface area is 178 Å². The molecule has 10 heteroatoms. The van der Waals surface area contributed by atoms with Crippen molar-refractivity contribution in [2.75, 3.05) is 24.6 Å². The van der Waals surface area contributed by atoms with Crippen LogP contribution in [0.2, 0.25) is 5.02 Å². The highest BCUT2D eigenvalue weighted by molar-refractivity contribution is 7.90. The normalized spacial score (nSPS) is 20.8. The van der Waals surface area contributed by atoms with E-state index in [1.54, 1.807) is 42.5 Å². The van der Waals surface area contributed by atoms with E-state index in [0.717, 1.165) is 0 Å². The summed E-state index contributed by atoms with van der Waals surface area (Å²) in [5.41, 5.74) is 1.17. The lowest BCUT2D eigenvalue weighted by Gasteiger charge is -2.16. The molecule has 1 N–H and O–H groups in total. The number of halogens is 1. The highest BCUT2D eigenvalue weighted by atomic mass is 35.5. The molecular formula is C20H18ClN3O5S. The number of nitrogens with one attached hydrogen (secondary N) is 1. The second-order valence-electron chi connectivity index (χ2n) is 6.88. The average Bonchev–Trinajstić information content (AvgIpc) is 3.23. The van der Waals surface area contributed by atoms with Crippen LogP contribution in [-0.4, -0.2) is 45.8 Å². The van der Waals surface area contributed by atoms with E-state index >= 15 is 0 Å². The predicted octanol–water partition coefficient (Wildman–Crippen LogP) is 1.97. The van der Waals surface area contributed by atoms with Gasteiger partial charge in [0.25, 0.3) is 10.0 Å². The molecule has 8 nitrogen and oxygen atoms in total. The number of carbonyl (C=O) groups is 2. The lowest BCUT2D eigenvalue weighted by atomic mass is 10.1. The smallest absolute Gasteiger partial charge is 0.311 e. The van der Waals surface area contributed by atoms with Gasteiger partial charge in [-0.05, 0) is 36.4 Å². The molecule has 0 aliphatic carbocycles. The number of esters is 1. The van der Waals surface area contributed by atoms with Gasteiger partial charge in [0.05, 0.1) is 17.4 Å². The van der Waals surface area contributed by atoms with E-state index in [0.29, 0.717) is 16.3 Å². The summed E-state index contributed by atoms with van der Waals surface area (Å²) in [6.07, 6.45) is 0.0726. The van der Waals surface area contributed by atoms with Crippen LogP contribution < -0.4 is 9.62 Å². The molecule has 0 unspecified atom stereocenters. The van der Waals surface area contributed by atoms with Crippen molar-refractivity contribution < 1.29 is 22.7 Å². The van der Waals surface area contributed by atoms with E-state index < -0.39 is 21.9 Å². The topological polar surface area (TPSA) is 105 Å². The number of amidine groups is 1. The summed E-state index contributed by atoms with van der Waals surface area (Å²) in [5.74, 6) is -0.970. The van der Waals surface area contributed by atoms with Crippen LogP contribution in [0.15, 0.2) is 58.4 Å². The van der Waals surface area contributed by atoms with Crippen LogP contribution >= 0.6 is 11.6 Å². The molecular weight excluding hydrogens is 430 g/mol. The fourth-order valence-electron chi connectivity index (χ4n) is 3.41. The minimum Gasteiger partial charge on any atom is -0.463 e. The van der Waals surface area contributed by atoms with E-state index in [4.69, 9.17) is 16.3 Å². The number of rotatable bonds is 5. The molecule has 0 spiro atoms. The lowest BCUT2D eigenvalue weighted by molar-refractivity contribution is -0.148. The molecule has 0 bridgehead atoms. The molecule has 1 amide bonds. The van der Waals surface area contributed by atoms with Gasteiger partial charge >= 0.3 is 5.97 Å². The van der Waals surface area contributed by atoms with Crippen LogP contribution in [-0.2, 0) is 24.3 Å². The molecule has 0 radical (unpaired) electrons. The average molecular weight is 448 g/mol. The second-order valence-corrected chi connectivity index (χ2v) is 8.97. The fraction of sp³-hybridized carbons (Fsp3) is 0.250. The first-order valence-corrected chi connectivity index (χ1v) is 11.1. The monoisotopic (exact) mass is 447 g/mol. The number of amides is 1. The van der Waals surface area contributed by atoms with Gasteiger partial charge in [-0.3, -0.25) is 19.3 Å². The molecule has 0 aromatic heterocycles. The SMILES string of the molecule is O=C(OCCN=C1NS(=O)(=O)c2ccccc21)[C@H]1CC(=O)N(c2ccc(Cl)cc2)C1. The van der Waals surface area contributed by atoms with Gasteiger partial charge in [-0.2, -0.15) is 0 Å². The Balaban J connectivity index is 1.32. The molecule has 1 fully saturated rings. The van der Waals surface area contributed by atoms with Crippen molar-refractivity contribution in [1.82, 2.24) is 4.72 Å². The molecule has 0 saturated carbocycles. The van der Waals surface area contributed by atoms with Crippen molar-refractivity contribution in [2.45, 2.75) is 11.3 Å². The zero-order chi connectivity index (χ0) is 21.3. The van der Waals surface area contributed by atoms with Crippen LogP contribution in [0, 0.1) is 5.92 Å². The molecule has 1 atom stereocenters. The summed E-state index contributed by atoms with van der Waals surface area (Å²) in [6.45, 7) is 0.318. The first kappa shape index (κ1) is 20.4. The van der Waals surface area contributed by atoms with Crippen LogP contribution in [0.4, 0.5) is 5.69 Å². The summed E-state index contributed by atoms with van der Waals surface area (Å²) in [4.78, 5) is 30.5. The van der Waals surface area contributed by atoms with E-state index in [1.807, 2.05) is 0 Å². The van der Waals surface area contributed by atoms with Gasteiger partial charge in [-0.15, -0.1) is 0 Å². The van der Waals surface area contributed by atoms with Gasteiger partial charge in [0.2, 0.25) is 5.91 Å². The van der Waals surface area contributed by atoms with Crippen molar-refractivity contribution in [3.8, 4) is 0 Å². The van der Waals surface area contributed by atoms with E-state index in [-0.39, 0.29) is 42.8 Å². The van der Waals surface area contributed by atoms with E-state index in [1.165, 1.54) is 11.0 Å². The Hall–Kier alpha value is -2.91. The molecule has 30 heavy (non-hydrogen) atoms.